The number of methoxy groups -OCH3 is 1. The number of nitrogens with zero attached hydrogens (tertiary/aromatic N) is 1. The van der Waals surface area contributed by atoms with E-state index in [0.717, 1.165) is 0 Å². The Morgan fingerprint density at radius 1 is 1.05 bits per heavy atom. The Kier molecular flexibility index (Phi) is 7.17. The van der Waals surface area contributed by atoms with Crippen LogP contribution in [0.4, 0.5) is 5.69 Å². The molecule has 104 valence electrons. The van der Waals surface area contributed by atoms with E-state index >= 15 is 0 Å². The van der Waals surface area contributed by atoms with Crippen LogP contribution in [-0.2, 0) is 9.47 Å². The summed E-state index contributed by atoms with van der Waals surface area (Å²) in [5, 5.41) is 8.24. The van der Waals surface area contributed by atoms with Gasteiger partial charge in [-0.05, 0) is 0 Å². The standard InChI is InChI=1S/C13H18N2O4/c1-16-12-8-11(15)9-13(10-12)19-7-6-18-5-4-17-3-2-14/h8-10H,3-7,15H2,1H3. The zero-order valence-electron chi connectivity index (χ0n) is 10.9. The third kappa shape index (κ3) is 6.50. The number of anilines is 1. The average molecular weight is 266 g/mol. The summed E-state index contributed by atoms with van der Waals surface area (Å²) in [6.07, 6.45) is 0. The van der Waals surface area contributed by atoms with Gasteiger partial charge in [0.1, 0.15) is 24.7 Å². The normalized spacial score (nSPS) is 9.89. The van der Waals surface area contributed by atoms with Gasteiger partial charge in [0.15, 0.2) is 0 Å². The second kappa shape index (κ2) is 9.03. The van der Waals surface area contributed by atoms with Crippen molar-refractivity contribution in [1.29, 1.82) is 5.26 Å². The number of nitrogen functional groups attached to an aromatic ring is 1. The molecule has 0 atom stereocenters. The third-order valence-corrected chi connectivity index (χ3v) is 2.17. The fourth-order valence-electron chi connectivity index (χ4n) is 1.35. The largest absolute Gasteiger partial charge is 0.497 e. The molecule has 0 saturated carbocycles. The van der Waals surface area contributed by atoms with Crippen molar-refractivity contribution < 1.29 is 18.9 Å². The lowest BCUT2D eigenvalue weighted by Gasteiger charge is -2.09. The van der Waals surface area contributed by atoms with Gasteiger partial charge in [-0.3, -0.25) is 0 Å². The van der Waals surface area contributed by atoms with Crippen molar-refractivity contribution in [3.8, 4) is 17.6 Å². The highest BCUT2D eigenvalue weighted by atomic mass is 16.5. The van der Waals surface area contributed by atoms with E-state index in [1.54, 1.807) is 25.3 Å². The van der Waals surface area contributed by atoms with Gasteiger partial charge in [-0.1, -0.05) is 0 Å². The van der Waals surface area contributed by atoms with Gasteiger partial charge in [-0.25, -0.2) is 0 Å². The van der Waals surface area contributed by atoms with Crippen LogP contribution >= 0.6 is 0 Å². The number of hydrogen-bond donors (Lipinski definition) is 1. The van der Waals surface area contributed by atoms with Crippen molar-refractivity contribution in [3.63, 3.8) is 0 Å². The SMILES string of the molecule is COc1cc(N)cc(OCCOCCOCC#N)c1. The number of nitrogens with two attached hydrogens (primary N) is 1. The molecule has 0 unspecified atom stereocenters. The molecule has 1 rings (SSSR count). The maximum Gasteiger partial charge on any atom is 0.133 e. The van der Waals surface area contributed by atoms with Crippen LogP contribution in [-0.4, -0.2) is 40.1 Å². The van der Waals surface area contributed by atoms with Crippen LogP contribution in [0.1, 0.15) is 0 Å². The minimum Gasteiger partial charge on any atom is -0.497 e. The predicted molar refractivity (Wildman–Crippen MR) is 70.2 cm³/mol. The van der Waals surface area contributed by atoms with Crippen molar-refractivity contribution in [3.05, 3.63) is 18.2 Å². The topological polar surface area (TPSA) is 86.7 Å². The van der Waals surface area contributed by atoms with E-state index in [1.807, 2.05) is 6.07 Å². The highest BCUT2D eigenvalue weighted by molar-refractivity contribution is 5.50. The fourth-order valence-corrected chi connectivity index (χ4v) is 1.35. The van der Waals surface area contributed by atoms with Gasteiger partial charge in [0.25, 0.3) is 0 Å². The molecule has 0 heterocycles. The van der Waals surface area contributed by atoms with E-state index < -0.39 is 0 Å². The molecule has 0 aliphatic heterocycles. The highest BCUT2D eigenvalue weighted by Gasteiger charge is 2.00. The molecule has 0 saturated heterocycles. The summed E-state index contributed by atoms with van der Waals surface area (Å²) in [6.45, 7) is 1.77. The monoisotopic (exact) mass is 266 g/mol. The van der Waals surface area contributed by atoms with E-state index in [4.69, 9.17) is 29.9 Å². The molecule has 2 N–H and O–H groups in total. The van der Waals surface area contributed by atoms with E-state index in [1.165, 1.54) is 0 Å². The summed E-state index contributed by atoms with van der Waals surface area (Å²) in [6, 6.07) is 7.08. The van der Waals surface area contributed by atoms with Crippen LogP contribution in [0, 0.1) is 11.3 Å². The fraction of sp³-hybridized carbons (Fsp3) is 0.462. The first-order valence-corrected chi connectivity index (χ1v) is 5.86. The summed E-state index contributed by atoms with van der Waals surface area (Å²) in [7, 11) is 1.57. The van der Waals surface area contributed by atoms with Crippen molar-refractivity contribution in [1.82, 2.24) is 0 Å². The predicted octanol–water partition coefficient (Wildman–Crippen LogP) is 1.21. The Morgan fingerprint density at radius 2 is 1.74 bits per heavy atom. The molecule has 19 heavy (non-hydrogen) atoms. The van der Waals surface area contributed by atoms with E-state index in [9.17, 15) is 0 Å². The van der Waals surface area contributed by atoms with E-state index in [2.05, 4.69) is 0 Å². The molecule has 6 heteroatoms. The molecular weight excluding hydrogens is 248 g/mol. The molecule has 1 aromatic rings. The Bertz CT molecular complexity index is 418. The zero-order valence-corrected chi connectivity index (χ0v) is 10.9. The minimum absolute atomic E-state index is 0.0863. The van der Waals surface area contributed by atoms with Crippen LogP contribution in [0.15, 0.2) is 18.2 Å². The Labute approximate surface area is 112 Å². The second-order valence-electron chi connectivity index (χ2n) is 3.61. The van der Waals surface area contributed by atoms with E-state index in [0.29, 0.717) is 43.6 Å². The van der Waals surface area contributed by atoms with Crippen LogP contribution < -0.4 is 15.2 Å². The lowest BCUT2D eigenvalue weighted by molar-refractivity contribution is 0.0459. The maximum absolute atomic E-state index is 8.24. The van der Waals surface area contributed by atoms with Crippen molar-refractivity contribution in [2.75, 3.05) is 45.9 Å². The lowest BCUT2D eigenvalue weighted by atomic mass is 10.3. The molecule has 0 spiro atoms. The van der Waals surface area contributed by atoms with Crippen LogP contribution in [0.2, 0.25) is 0 Å². The van der Waals surface area contributed by atoms with Gasteiger partial charge in [0, 0.05) is 23.9 Å². The quantitative estimate of drug-likeness (QED) is 0.534. The molecule has 0 bridgehead atoms. The lowest BCUT2D eigenvalue weighted by Crippen LogP contribution is -2.11. The van der Waals surface area contributed by atoms with Crippen molar-refractivity contribution in [2.45, 2.75) is 0 Å². The Hall–Kier alpha value is -1.97. The highest BCUT2D eigenvalue weighted by Crippen LogP contribution is 2.23. The Balaban J connectivity index is 2.15. The van der Waals surface area contributed by atoms with Crippen molar-refractivity contribution >= 4 is 5.69 Å². The zero-order chi connectivity index (χ0) is 13.9. The number of hydrogen-bond acceptors (Lipinski definition) is 6. The summed E-state index contributed by atoms with van der Waals surface area (Å²) >= 11 is 0. The molecule has 0 fully saturated rings. The number of nitriles is 1. The number of benzene rings is 1. The van der Waals surface area contributed by atoms with Gasteiger partial charge >= 0.3 is 0 Å². The van der Waals surface area contributed by atoms with Gasteiger partial charge < -0.3 is 24.7 Å². The van der Waals surface area contributed by atoms with Crippen LogP contribution in [0.3, 0.4) is 0 Å². The Morgan fingerprint density at radius 3 is 2.47 bits per heavy atom. The second-order valence-corrected chi connectivity index (χ2v) is 3.61. The van der Waals surface area contributed by atoms with E-state index in [-0.39, 0.29) is 6.61 Å². The van der Waals surface area contributed by atoms with Gasteiger partial charge in [0.05, 0.1) is 33.0 Å². The minimum atomic E-state index is 0.0863. The van der Waals surface area contributed by atoms with Gasteiger partial charge in [-0.15, -0.1) is 0 Å². The molecule has 1 aromatic carbocycles. The first-order valence-electron chi connectivity index (χ1n) is 5.86. The van der Waals surface area contributed by atoms with Crippen LogP contribution in [0.5, 0.6) is 11.5 Å². The smallest absolute Gasteiger partial charge is 0.133 e. The number of ether oxygens (including phenoxy) is 4. The summed E-state index contributed by atoms with van der Waals surface area (Å²) < 4.78 is 20.8. The summed E-state index contributed by atoms with van der Waals surface area (Å²) in [5.41, 5.74) is 6.28. The molecule has 0 aliphatic carbocycles. The first kappa shape index (κ1) is 15.1. The molecular formula is C13H18N2O4. The van der Waals surface area contributed by atoms with Gasteiger partial charge in [-0.2, -0.15) is 5.26 Å². The molecule has 6 nitrogen and oxygen atoms in total. The number of rotatable bonds is 9. The molecule has 0 aromatic heterocycles. The first-order chi connectivity index (χ1) is 9.26. The molecule has 0 aliphatic rings. The summed E-state index contributed by atoms with van der Waals surface area (Å²) in [5.74, 6) is 1.29. The third-order valence-electron chi connectivity index (χ3n) is 2.17. The molecule has 0 radical (unpaired) electrons. The van der Waals surface area contributed by atoms with Gasteiger partial charge in [0.2, 0.25) is 0 Å². The maximum atomic E-state index is 8.24. The average Bonchev–Trinajstić information content (AvgIpc) is 2.41. The molecule has 0 amide bonds. The van der Waals surface area contributed by atoms with Crippen LogP contribution in [0.25, 0.3) is 0 Å². The summed E-state index contributed by atoms with van der Waals surface area (Å²) in [4.78, 5) is 0. The van der Waals surface area contributed by atoms with Crippen molar-refractivity contribution in [2.24, 2.45) is 0 Å².